The van der Waals surface area contributed by atoms with Gasteiger partial charge in [0.1, 0.15) is 6.23 Å². The van der Waals surface area contributed by atoms with Crippen LogP contribution in [0.1, 0.15) is 26.7 Å². The van der Waals surface area contributed by atoms with Crippen molar-refractivity contribution in [2.45, 2.75) is 32.9 Å². The summed E-state index contributed by atoms with van der Waals surface area (Å²) in [5.74, 6) is 0.391. The molecule has 0 amide bonds. The molecule has 0 aromatic rings. The van der Waals surface area contributed by atoms with E-state index in [2.05, 4.69) is 24.5 Å². The monoisotopic (exact) mass is 174 g/mol. The lowest BCUT2D eigenvalue weighted by Crippen LogP contribution is -2.39. The fourth-order valence-electron chi connectivity index (χ4n) is 1.25. The van der Waals surface area contributed by atoms with E-state index in [9.17, 15) is 5.11 Å². The van der Waals surface area contributed by atoms with Gasteiger partial charge in [-0.15, -0.1) is 0 Å². The van der Waals surface area contributed by atoms with Gasteiger partial charge in [-0.3, -0.25) is 5.32 Å². The van der Waals surface area contributed by atoms with Gasteiger partial charge in [-0.1, -0.05) is 13.8 Å². The number of rotatable bonds is 7. The summed E-state index contributed by atoms with van der Waals surface area (Å²) in [6.45, 7) is 5.94. The van der Waals surface area contributed by atoms with Crippen molar-refractivity contribution in [1.82, 2.24) is 10.6 Å². The Hall–Kier alpha value is -0.120. The van der Waals surface area contributed by atoms with E-state index in [1.807, 2.05) is 7.05 Å². The molecule has 0 aromatic heterocycles. The maximum absolute atomic E-state index is 9.60. The summed E-state index contributed by atoms with van der Waals surface area (Å²) in [6.07, 6.45) is 1.72. The lowest BCUT2D eigenvalue weighted by molar-refractivity contribution is 0.0711. The number of hydrogen-bond donors (Lipinski definition) is 3. The molecule has 0 aliphatic rings. The Bertz CT molecular complexity index is 94.5. The Morgan fingerprint density at radius 2 is 1.75 bits per heavy atom. The first-order chi connectivity index (χ1) is 5.76. The SMILES string of the molecule is CCC(CC)C(O)NCCNC. The van der Waals surface area contributed by atoms with Crippen LogP contribution in [0, 0.1) is 5.92 Å². The van der Waals surface area contributed by atoms with Crippen LogP contribution in [0.3, 0.4) is 0 Å². The number of nitrogens with one attached hydrogen (secondary N) is 2. The Morgan fingerprint density at radius 3 is 2.17 bits per heavy atom. The zero-order valence-electron chi connectivity index (χ0n) is 8.43. The second-order valence-corrected chi connectivity index (χ2v) is 3.08. The van der Waals surface area contributed by atoms with E-state index in [-0.39, 0.29) is 6.23 Å². The van der Waals surface area contributed by atoms with Gasteiger partial charge in [0.15, 0.2) is 0 Å². The van der Waals surface area contributed by atoms with Gasteiger partial charge in [0.2, 0.25) is 0 Å². The van der Waals surface area contributed by atoms with Crippen molar-refractivity contribution < 1.29 is 5.11 Å². The summed E-state index contributed by atoms with van der Waals surface area (Å²) < 4.78 is 0. The predicted molar refractivity (Wildman–Crippen MR) is 52.0 cm³/mol. The third kappa shape index (κ3) is 4.70. The van der Waals surface area contributed by atoms with E-state index in [4.69, 9.17) is 0 Å². The number of hydrogen-bond acceptors (Lipinski definition) is 3. The van der Waals surface area contributed by atoms with Crippen molar-refractivity contribution in [3.8, 4) is 0 Å². The van der Waals surface area contributed by atoms with Gasteiger partial charge >= 0.3 is 0 Å². The highest BCUT2D eigenvalue weighted by Crippen LogP contribution is 2.10. The molecule has 0 radical (unpaired) electrons. The molecule has 0 saturated heterocycles. The summed E-state index contributed by atoms with van der Waals surface area (Å²) in [4.78, 5) is 0. The lowest BCUT2D eigenvalue weighted by Gasteiger charge is -2.20. The van der Waals surface area contributed by atoms with E-state index in [0.29, 0.717) is 5.92 Å². The van der Waals surface area contributed by atoms with Crippen LogP contribution in [0.15, 0.2) is 0 Å². The molecule has 0 spiro atoms. The summed E-state index contributed by atoms with van der Waals surface area (Å²) in [7, 11) is 1.91. The maximum Gasteiger partial charge on any atom is 0.107 e. The maximum atomic E-state index is 9.60. The predicted octanol–water partition coefficient (Wildman–Crippen LogP) is 0.550. The molecule has 0 aliphatic heterocycles. The summed E-state index contributed by atoms with van der Waals surface area (Å²) in [6, 6.07) is 0. The van der Waals surface area contributed by atoms with Gasteiger partial charge in [0, 0.05) is 13.1 Å². The minimum absolute atomic E-state index is 0.339. The van der Waals surface area contributed by atoms with Crippen molar-refractivity contribution in [3.63, 3.8) is 0 Å². The summed E-state index contributed by atoms with van der Waals surface area (Å²) in [5, 5.41) is 15.7. The topological polar surface area (TPSA) is 44.3 Å². The number of aliphatic hydroxyl groups excluding tert-OH is 1. The van der Waals surface area contributed by atoms with E-state index in [1.165, 1.54) is 0 Å². The molecule has 74 valence electrons. The van der Waals surface area contributed by atoms with E-state index in [1.54, 1.807) is 0 Å². The quantitative estimate of drug-likeness (QED) is 0.390. The molecule has 0 fully saturated rings. The van der Waals surface area contributed by atoms with E-state index in [0.717, 1.165) is 25.9 Å². The van der Waals surface area contributed by atoms with E-state index >= 15 is 0 Å². The van der Waals surface area contributed by atoms with Crippen molar-refractivity contribution in [1.29, 1.82) is 0 Å². The van der Waals surface area contributed by atoms with Crippen molar-refractivity contribution in [3.05, 3.63) is 0 Å². The second-order valence-electron chi connectivity index (χ2n) is 3.08. The Kier molecular flexibility index (Phi) is 7.45. The fraction of sp³-hybridized carbons (Fsp3) is 1.00. The van der Waals surface area contributed by atoms with Gasteiger partial charge in [-0.25, -0.2) is 0 Å². The van der Waals surface area contributed by atoms with Crippen LogP contribution >= 0.6 is 0 Å². The van der Waals surface area contributed by atoms with Crippen molar-refractivity contribution in [2.24, 2.45) is 5.92 Å². The third-order valence-corrected chi connectivity index (χ3v) is 2.22. The van der Waals surface area contributed by atoms with Crippen LogP contribution in [-0.2, 0) is 0 Å². The Morgan fingerprint density at radius 1 is 1.17 bits per heavy atom. The molecule has 0 aliphatic carbocycles. The molecule has 0 bridgehead atoms. The van der Waals surface area contributed by atoms with Crippen LogP contribution in [0.5, 0.6) is 0 Å². The third-order valence-electron chi connectivity index (χ3n) is 2.22. The molecule has 3 heteroatoms. The molecule has 12 heavy (non-hydrogen) atoms. The van der Waals surface area contributed by atoms with Crippen LogP contribution in [0.25, 0.3) is 0 Å². The molecule has 1 unspecified atom stereocenters. The smallest absolute Gasteiger partial charge is 0.107 e. The molecule has 3 nitrogen and oxygen atoms in total. The highest BCUT2D eigenvalue weighted by Gasteiger charge is 2.13. The van der Waals surface area contributed by atoms with Gasteiger partial charge in [0.25, 0.3) is 0 Å². The van der Waals surface area contributed by atoms with Gasteiger partial charge in [0.05, 0.1) is 0 Å². The molecule has 1 atom stereocenters. The van der Waals surface area contributed by atoms with E-state index < -0.39 is 0 Å². The van der Waals surface area contributed by atoms with Gasteiger partial charge in [-0.2, -0.15) is 0 Å². The minimum Gasteiger partial charge on any atom is -0.378 e. The largest absolute Gasteiger partial charge is 0.378 e. The van der Waals surface area contributed by atoms with Crippen molar-refractivity contribution >= 4 is 0 Å². The zero-order chi connectivity index (χ0) is 9.40. The Labute approximate surface area is 75.6 Å². The van der Waals surface area contributed by atoms with Crippen LogP contribution in [-0.4, -0.2) is 31.5 Å². The first-order valence-corrected chi connectivity index (χ1v) is 4.82. The van der Waals surface area contributed by atoms with Crippen molar-refractivity contribution in [2.75, 3.05) is 20.1 Å². The standard InChI is InChI=1S/C9H22N2O/c1-4-8(5-2)9(12)11-7-6-10-3/h8-12H,4-7H2,1-3H3. The number of likely N-dealkylation sites (N-methyl/N-ethyl adjacent to an activating group) is 1. The van der Waals surface area contributed by atoms with Crippen LogP contribution in [0.4, 0.5) is 0 Å². The zero-order valence-corrected chi connectivity index (χ0v) is 8.43. The molecule has 0 aromatic carbocycles. The minimum atomic E-state index is -0.339. The first-order valence-electron chi connectivity index (χ1n) is 4.82. The molecule has 0 saturated carbocycles. The van der Waals surface area contributed by atoms with Gasteiger partial charge in [-0.05, 0) is 25.8 Å². The Balaban J connectivity index is 3.47. The molecule has 3 N–H and O–H groups in total. The second kappa shape index (κ2) is 7.53. The summed E-state index contributed by atoms with van der Waals surface area (Å²) in [5.41, 5.74) is 0. The highest BCUT2D eigenvalue weighted by atomic mass is 16.3. The first kappa shape index (κ1) is 11.9. The molecule has 0 rings (SSSR count). The normalized spacial score (nSPS) is 13.8. The van der Waals surface area contributed by atoms with Crippen LogP contribution < -0.4 is 10.6 Å². The lowest BCUT2D eigenvalue weighted by atomic mass is 10.0. The molecular formula is C9H22N2O. The summed E-state index contributed by atoms with van der Waals surface area (Å²) >= 11 is 0. The number of aliphatic hydroxyl groups is 1. The average Bonchev–Trinajstić information content (AvgIpc) is 2.07. The fourth-order valence-corrected chi connectivity index (χ4v) is 1.25. The average molecular weight is 174 g/mol. The molecule has 0 heterocycles. The highest BCUT2D eigenvalue weighted by molar-refractivity contribution is 4.64. The van der Waals surface area contributed by atoms with Gasteiger partial charge < -0.3 is 10.4 Å². The van der Waals surface area contributed by atoms with Crippen LogP contribution in [0.2, 0.25) is 0 Å². The molecular weight excluding hydrogens is 152 g/mol.